The fraction of sp³-hybridized carbons (Fsp3) is 0.0968. The lowest BCUT2D eigenvalue weighted by molar-refractivity contribution is 0.591. The van der Waals surface area contributed by atoms with E-state index in [4.69, 9.17) is 0 Å². The minimum Gasteiger partial charge on any atom is -0.261 e. The Kier molecular flexibility index (Phi) is 6.33. The number of para-hydroxylation sites is 1. The molecule has 0 fully saturated rings. The van der Waals surface area contributed by atoms with E-state index < -0.39 is 33.9 Å². The predicted molar refractivity (Wildman–Crippen MR) is 160 cm³/mol. The number of hydrogen-bond donors (Lipinski definition) is 0. The Morgan fingerprint density at radius 1 is 0.683 bits per heavy atom. The van der Waals surface area contributed by atoms with Crippen LogP contribution in [-0.2, 0) is 29.7 Å². The van der Waals surface area contributed by atoms with Crippen LogP contribution in [0.2, 0.25) is 0 Å². The first-order valence-corrected chi connectivity index (χ1v) is 17.1. The molecule has 0 aliphatic carbocycles. The van der Waals surface area contributed by atoms with Gasteiger partial charge in [-0.05, 0) is 55.3 Å². The first-order chi connectivity index (χ1) is 19.4. The molecule has 208 valence electrons. The maximum atomic E-state index is 14.4. The topological polar surface area (TPSA) is 106 Å². The van der Waals surface area contributed by atoms with Crippen molar-refractivity contribution in [3.63, 3.8) is 0 Å². The van der Waals surface area contributed by atoms with E-state index in [1.807, 2.05) is 6.92 Å². The molecular formula is C31H25NO6S3. The zero-order valence-electron chi connectivity index (χ0n) is 22.1. The number of sulfone groups is 2. The van der Waals surface area contributed by atoms with Crippen molar-refractivity contribution in [1.82, 2.24) is 0 Å². The minimum absolute atomic E-state index is 0.0105. The Morgan fingerprint density at radius 3 is 2.02 bits per heavy atom. The summed E-state index contributed by atoms with van der Waals surface area (Å²) in [7, 11) is -13.3. The molecular weight excluding hydrogens is 579 g/mol. The molecule has 0 amide bonds. The fourth-order valence-electron chi connectivity index (χ4n) is 5.32. The Morgan fingerprint density at radius 2 is 1.34 bits per heavy atom. The first-order valence-electron chi connectivity index (χ1n) is 12.7. The van der Waals surface area contributed by atoms with Gasteiger partial charge in [0.25, 0.3) is 10.0 Å². The summed E-state index contributed by atoms with van der Waals surface area (Å²) in [4.78, 5) is -0.317. The Bertz CT molecular complexity index is 2110. The van der Waals surface area contributed by atoms with Gasteiger partial charge >= 0.3 is 0 Å². The largest absolute Gasteiger partial charge is 0.264 e. The average Bonchev–Trinajstić information content (AvgIpc) is 3.20. The lowest BCUT2D eigenvalue weighted by atomic mass is 9.92. The lowest BCUT2D eigenvalue weighted by Gasteiger charge is -2.33. The molecule has 41 heavy (non-hydrogen) atoms. The Labute approximate surface area is 240 Å². The summed E-state index contributed by atoms with van der Waals surface area (Å²) in [6.45, 7) is 3.21. The SMILES string of the molecule is Cc1ccc(S(=O)(=O)N2CC3=C(c4ccccc4)S(=O)(=O)C(S(=O)(=O)c4cccc(C)c4)=C3c3ccccc32)cc1. The maximum absolute atomic E-state index is 14.4. The van der Waals surface area contributed by atoms with Crippen molar-refractivity contribution < 1.29 is 25.3 Å². The van der Waals surface area contributed by atoms with E-state index in [2.05, 4.69) is 0 Å². The summed E-state index contributed by atoms with van der Waals surface area (Å²) in [6.07, 6.45) is 0. The summed E-state index contributed by atoms with van der Waals surface area (Å²) in [5, 5.41) is 0. The fourth-order valence-corrected chi connectivity index (χ4v) is 11.4. The Hall–Kier alpha value is -3.99. The van der Waals surface area contributed by atoms with E-state index in [1.165, 1.54) is 24.3 Å². The predicted octanol–water partition coefficient (Wildman–Crippen LogP) is 5.49. The van der Waals surface area contributed by atoms with Gasteiger partial charge in [-0.1, -0.05) is 78.4 Å². The van der Waals surface area contributed by atoms with Gasteiger partial charge in [0.2, 0.25) is 19.7 Å². The number of sulfonamides is 1. The number of fused-ring (bicyclic) bond motifs is 3. The van der Waals surface area contributed by atoms with Crippen LogP contribution in [0, 0.1) is 13.8 Å². The monoisotopic (exact) mass is 603 g/mol. The molecule has 0 unspecified atom stereocenters. The summed E-state index contributed by atoms with van der Waals surface area (Å²) in [5.74, 6) is 0. The van der Waals surface area contributed by atoms with Crippen LogP contribution < -0.4 is 4.31 Å². The zero-order valence-corrected chi connectivity index (χ0v) is 24.6. The third-order valence-electron chi connectivity index (χ3n) is 7.23. The van der Waals surface area contributed by atoms with Crippen molar-refractivity contribution in [3.05, 3.63) is 135 Å². The van der Waals surface area contributed by atoms with Crippen molar-refractivity contribution in [2.75, 3.05) is 10.8 Å². The number of aryl methyl sites for hydroxylation is 2. The summed E-state index contributed by atoms with van der Waals surface area (Å²) < 4.78 is 85.6. The molecule has 0 spiro atoms. The molecule has 10 heteroatoms. The number of hydrogen-bond acceptors (Lipinski definition) is 6. The summed E-state index contributed by atoms with van der Waals surface area (Å²) in [5.41, 5.74) is 2.37. The molecule has 0 aromatic heterocycles. The van der Waals surface area contributed by atoms with Crippen molar-refractivity contribution in [3.8, 4) is 0 Å². The molecule has 0 N–H and O–H groups in total. The summed E-state index contributed by atoms with van der Waals surface area (Å²) >= 11 is 0. The van der Waals surface area contributed by atoms with Gasteiger partial charge in [-0.15, -0.1) is 0 Å². The molecule has 2 aliphatic rings. The van der Waals surface area contributed by atoms with E-state index in [0.717, 1.165) is 9.87 Å². The molecule has 2 aliphatic heterocycles. The van der Waals surface area contributed by atoms with Crippen LogP contribution in [0.25, 0.3) is 10.5 Å². The molecule has 2 heterocycles. The molecule has 4 aromatic rings. The van der Waals surface area contributed by atoms with Crippen LogP contribution in [0.3, 0.4) is 0 Å². The zero-order chi connectivity index (χ0) is 29.2. The number of nitrogens with zero attached hydrogens (tertiary/aromatic N) is 1. The van der Waals surface area contributed by atoms with Gasteiger partial charge in [-0.25, -0.2) is 25.3 Å². The smallest absolute Gasteiger partial charge is 0.261 e. The van der Waals surface area contributed by atoms with Crippen molar-refractivity contribution in [1.29, 1.82) is 0 Å². The molecule has 0 atom stereocenters. The molecule has 0 radical (unpaired) electrons. The molecule has 0 bridgehead atoms. The van der Waals surface area contributed by atoms with Gasteiger partial charge in [0.05, 0.1) is 26.9 Å². The number of rotatable bonds is 5. The second-order valence-corrected chi connectivity index (χ2v) is 15.8. The molecule has 4 aromatic carbocycles. The van der Waals surface area contributed by atoms with Crippen molar-refractivity contribution in [2.45, 2.75) is 23.6 Å². The van der Waals surface area contributed by atoms with E-state index in [-0.39, 0.29) is 49.2 Å². The third kappa shape index (κ3) is 4.25. The van der Waals surface area contributed by atoms with E-state index >= 15 is 0 Å². The van der Waals surface area contributed by atoms with Crippen LogP contribution in [0.5, 0.6) is 0 Å². The maximum Gasteiger partial charge on any atom is 0.264 e. The van der Waals surface area contributed by atoms with Crippen LogP contribution in [0.4, 0.5) is 5.69 Å². The molecule has 0 saturated carbocycles. The molecule has 7 nitrogen and oxygen atoms in total. The van der Waals surface area contributed by atoms with Gasteiger partial charge in [-0.3, -0.25) is 4.31 Å². The van der Waals surface area contributed by atoms with Crippen LogP contribution >= 0.6 is 0 Å². The quantitative estimate of drug-likeness (QED) is 0.299. The first kappa shape index (κ1) is 27.2. The number of anilines is 1. The van der Waals surface area contributed by atoms with Gasteiger partial charge in [0, 0.05) is 16.7 Å². The molecule has 6 rings (SSSR count). The third-order valence-corrected chi connectivity index (χ3v) is 13.6. The van der Waals surface area contributed by atoms with Crippen LogP contribution in [-0.4, -0.2) is 31.8 Å². The van der Waals surface area contributed by atoms with Gasteiger partial charge in [0.15, 0.2) is 4.24 Å². The second kappa shape index (κ2) is 9.54. The standard InChI is InChI=1S/C31H25NO6S3/c1-21-15-17-24(18-16-21)41(37,38)32-20-27-29(26-13-6-7-14-28(26)32)31(39(33,34)25-12-8-9-22(2)19-25)40(35,36)30(27)23-10-4-3-5-11-23/h3-19H,20H2,1-2H3. The van der Waals surface area contributed by atoms with Crippen LogP contribution in [0.15, 0.2) is 123 Å². The van der Waals surface area contributed by atoms with Crippen molar-refractivity contribution >= 4 is 45.9 Å². The Balaban J connectivity index is 1.70. The van der Waals surface area contributed by atoms with Gasteiger partial charge < -0.3 is 0 Å². The normalized spacial score (nSPS) is 16.5. The minimum atomic E-state index is -4.61. The highest BCUT2D eigenvalue weighted by molar-refractivity contribution is 8.19. The summed E-state index contributed by atoms with van der Waals surface area (Å²) in [6, 6.07) is 27.1. The number of benzene rings is 4. The average molecular weight is 604 g/mol. The van der Waals surface area contributed by atoms with Crippen LogP contribution in [0.1, 0.15) is 22.3 Å². The second-order valence-electron chi connectivity index (χ2n) is 10.0. The highest BCUT2D eigenvalue weighted by Gasteiger charge is 2.50. The van der Waals surface area contributed by atoms with E-state index in [0.29, 0.717) is 5.56 Å². The lowest BCUT2D eigenvalue weighted by Crippen LogP contribution is -2.36. The van der Waals surface area contributed by atoms with Gasteiger partial charge in [-0.2, -0.15) is 0 Å². The van der Waals surface area contributed by atoms with Crippen molar-refractivity contribution in [2.24, 2.45) is 0 Å². The van der Waals surface area contributed by atoms with E-state index in [9.17, 15) is 25.3 Å². The highest BCUT2D eigenvalue weighted by atomic mass is 32.3. The molecule has 0 saturated heterocycles. The van der Waals surface area contributed by atoms with Gasteiger partial charge in [0.1, 0.15) is 0 Å². The highest BCUT2D eigenvalue weighted by Crippen LogP contribution is 2.54. The van der Waals surface area contributed by atoms with E-state index in [1.54, 1.807) is 85.8 Å².